The van der Waals surface area contributed by atoms with Crippen molar-refractivity contribution in [2.24, 2.45) is 11.8 Å². The number of ether oxygens (including phenoxy) is 2. The Morgan fingerprint density at radius 1 is 1.20 bits per heavy atom. The molecule has 7 nitrogen and oxygen atoms in total. The summed E-state index contributed by atoms with van der Waals surface area (Å²) >= 11 is 0. The van der Waals surface area contributed by atoms with E-state index in [1.54, 1.807) is 7.11 Å². The number of hydrogen-bond acceptors (Lipinski definition) is 5. The maximum absolute atomic E-state index is 12.7. The Morgan fingerprint density at radius 3 is 2.50 bits per heavy atom. The van der Waals surface area contributed by atoms with Crippen LogP contribution in [0.4, 0.5) is 0 Å². The van der Waals surface area contributed by atoms with Gasteiger partial charge in [-0.1, -0.05) is 12.2 Å². The zero-order valence-corrected chi connectivity index (χ0v) is 17.6. The van der Waals surface area contributed by atoms with Crippen molar-refractivity contribution in [1.82, 2.24) is 10.2 Å². The molecular formula is C23H28N2O5. The minimum Gasteiger partial charge on any atom is -0.497 e. The van der Waals surface area contributed by atoms with Crippen LogP contribution in [0.5, 0.6) is 11.5 Å². The van der Waals surface area contributed by atoms with Crippen molar-refractivity contribution < 1.29 is 23.9 Å². The van der Waals surface area contributed by atoms with Crippen molar-refractivity contribution in [1.29, 1.82) is 0 Å². The summed E-state index contributed by atoms with van der Waals surface area (Å²) in [5.74, 6) is 0.399. The molecule has 1 N–H and O–H groups in total. The fourth-order valence-corrected chi connectivity index (χ4v) is 4.66. The van der Waals surface area contributed by atoms with E-state index in [1.807, 2.05) is 44.2 Å². The summed E-state index contributed by atoms with van der Waals surface area (Å²) in [5, 5.41) is 3.06. The molecule has 0 aromatic heterocycles. The highest BCUT2D eigenvalue weighted by molar-refractivity contribution is 6.05. The number of nitrogens with zero attached hydrogens (tertiary/aromatic N) is 1. The quantitative estimate of drug-likeness (QED) is 0.594. The van der Waals surface area contributed by atoms with Crippen molar-refractivity contribution in [2.75, 3.05) is 13.7 Å². The first-order valence-electron chi connectivity index (χ1n) is 10.5. The van der Waals surface area contributed by atoms with Crippen molar-refractivity contribution in [3.8, 4) is 11.5 Å². The number of likely N-dealkylation sites (tertiary alicyclic amines) is 1. The molecule has 1 aromatic carbocycles. The Hall–Kier alpha value is -2.83. The first-order valence-corrected chi connectivity index (χ1v) is 10.5. The van der Waals surface area contributed by atoms with Crippen LogP contribution in [0.1, 0.15) is 51.1 Å². The Kier molecular flexibility index (Phi) is 5.30. The van der Waals surface area contributed by atoms with Crippen molar-refractivity contribution in [3.63, 3.8) is 0 Å². The fraction of sp³-hybridized carbons (Fsp3) is 0.522. The third kappa shape index (κ3) is 3.80. The lowest BCUT2D eigenvalue weighted by Gasteiger charge is -2.38. The first kappa shape index (κ1) is 20.4. The van der Waals surface area contributed by atoms with Crippen LogP contribution >= 0.6 is 0 Å². The normalized spacial score (nSPS) is 26.6. The number of methoxy groups -OCH3 is 1. The van der Waals surface area contributed by atoms with Crippen LogP contribution in [0.25, 0.3) is 0 Å². The van der Waals surface area contributed by atoms with Gasteiger partial charge in [-0.25, -0.2) is 0 Å². The maximum Gasteiger partial charge on any atom is 0.233 e. The van der Waals surface area contributed by atoms with Gasteiger partial charge in [0.15, 0.2) is 0 Å². The van der Waals surface area contributed by atoms with E-state index in [-0.39, 0.29) is 48.6 Å². The molecule has 1 aliphatic carbocycles. The third-order valence-corrected chi connectivity index (χ3v) is 6.17. The molecule has 3 aliphatic rings. The second kappa shape index (κ2) is 7.78. The topological polar surface area (TPSA) is 84.9 Å². The molecule has 2 heterocycles. The van der Waals surface area contributed by atoms with Gasteiger partial charge >= 0.3 is 0 Å². The second-order valence-corrected chi connectivity index (χ2v) is 8.82. The lowest BCUT2D eigenvalue weighted by molar-refractivity contribution is -0.140. The maximum atomic E-state index is 12.7. The molecule has 3 amide bonds. The van der Waals surface area contributed by atoms with E-state index in [2.05, 4.69) is 5.32 Å². The third-order valence-electron chi connectivity index (χ3n) is 6.17. The van der Waals surface area contributed by atoms with Gasteiger partial charge in [0.2, 0.25) is 17.7 Å². The van der Waals surface area contributed by atoms with Gasteiger partial charge in [0, 0.05) is 24.9 Å². The zero-order chi connectivity index (χ0) is 21.5. The minimum absolute atomic E-state index is 0.0848. The highest BCUT2D eigenvalue weighted by Gasteiger charge is 2.47. The molecule has 2 aliphatic heterocycles. The van der Waals surface area contributed by atoms with Gasteiger partial charge in [0.05, 0.1) is 25.0 Å². The van der Waals surface area contributed by atoms with Crippen LogP contribution in [0.2, 0.25) is 0 Å². The molecule has 0 spiro atoms. The Balaban J connectivity index is 1.42. The van der Waals surface area contributed by atoms with E-state index in [1.165, 1.54) is 4.90 Å². The number of carbonyl (C=O) groups excluding carboxylic acids is 3. The number of fused-ring (bicyclic) bond motifs is 2. The van der Waals surface area contributed by atoms with E-state index in [4.69, 9.17) is 9.47 Å². The van der Waals surface area contributed by atoms with E-state index in [0.29, 0.717) is 25.0 Å². The standard InChI is InChI=1S/C23H28N2O5/c1-23(2)13-18(17-12-14(29-3)8-9-19(17)30-23)24-20(26)10-11-25-21(27)15-6-4-5-7-16(15)22(25)28/h4-5,8-9,12,15-16,18H,6-7,10-11,13H2,1-3H3,(H,24,26)/t15-,16+,18-/m0/s1. The van der Waals surface area contributed by atoms with Gasteiger partial charge in [-0.15, -0.1) is 0 Å². The van der Waals surface area contributed by atoms with Gasteiger partial charge in [-0.2, -0.15) is 0 Å². The highest BCUT2D eigenvalue weighted by Crippen LogP contribution is 2.41. The number of nitrogens with one attached hydrogen (secondary N) is 1. The average molecular weight is 412 g/mol. The predicted octanol–water partition coefficient (Wildman–Crippen LogP) is 2.75. The van der Waals surface area contributed by atoms with Crippen LogP contribution < -0.4 is 14.8 Å². The summed E-state index contributed by atoms with van der Waals surface area (Å²) in [6.45, 7) is 4.08. The van der Waals surface area contributed by atoms with Gasteiger partial charge < -0.3 is 14.8 Å². The smallest absolute Gasteiger partial charge is 0.233 e. The summed E-state index contributed by atoms with van der Waals surface area (Å²) < 4.78 is 11.4. The number of carbonyl (C=O) groups is 3. The van der Waals surface area contributed by atoms with Crippen LogP contribution in [0.15, 0.2) is 30.4 Å². The number of hydrogen-bond donors (Lipinski definition) is 1. The lowest BCUT2D eigenvalue weighted by Crippen LogP contribution is -2.42. The average Bonchev–Trinajstić information content (AvgIpc) is 2.96. The molecule has 30 heavy (non-hydrogen) atoms. The predicted molar refractivity (Wildman–Crippen MR) is 110 cm³/mol. The molecule has 0 unspecified atom stereocenters. The van der Waals surface area contributed by atoms with E-state index in [0.717, 1.165) is 11.3 Å². The molecule has 160 valence electrons. The van der Waals surface area contributed by atoms with Crippen molar-refractivity contribution in [3.05, 3.63) is 35.9 Å². The molecular weight excluding hydrogens is 384 g/mol. The summed E-state index contributed by atoms with van der Waals surface area (Å²) in [7, 11) is 1.60. The SMILES string of the molecule is COc1ccc2c(c1)[C@@H](NC(=O)CCN1C(=O)[C@H]3CC=CC[C@H]3C1=O)CC(C)(C)O2. The number of allylic oxidation sites excluding steroid dienone is 2. The number of benzene rings is 1. The van der Waals surface area contributed by atoms with Gasteiger partial charge in [0.1, 0.15) is 17.1 Å². The Labute approximate surface area is 176 Å². The molecule has 0 bridgehead atoms. The Bertz CT molecular complexity index is 881. The molecule has 0 radical (unpaired) electrons. The molecule has 3 atom stereocenters. The zero-order valence-electron chi connectivity index (χ0n) is 17.6. The molecule has 0 saturated carbocycles. The summed E-state index contributed by atoms with van der Waals surface area (Å²) in [6, 6.07) is 5.33. The molecule has 7 heteroatoms. The van der Waals surface area contributed by atoms with E-state index >= 15 is 0 Å². The van der Waals surface area contributed by atoms with Gasteiger partial charge in [0.25, 0.3) is 0 Å². The van der Waals surface area contributed by atoms with Crippen LogP contribution in [-0.2, 0) is 14.4 Å². The first-order chi connectivity index (χ1) is 14.3. The highest BCUT2D eigenvalue weighted by atomic mass is 16.5. The number of imide groups is 1. The lowest BCUT2D eigenvalue weighted by atomic mass is 9.85. The summed E-state index contributed by atoms with van der Waals surface area (Å²) in [6.07, 6.45) is 5.82. The summed E-state index contributed by atoms with van der Waals surface area (Å²) in [4.78, 5) is 39.2. The van der Waals surface area contributed by atoms with Crippen molar-refractivity contribution in [2.45, 2.75) is 51.2 Å². The van der Waals surface area contributed by atoms with E-state index in [9.17, 15) is 14.4 Å². The monoisotopic (exact) mass is 412 g/mol. The summed E-state index contributed by atoms with van der Waals surface area (Å²) in [5.41, 5.74) is 0.441. The number of amides is 3. The molecule has 1 fully saturated rings. The molecule has 1 aromatic rings. The molecule has 1 saturated heterocycles. The van der Waals surface area contributed by atoms with Gasteiger partial charge in [-0.05, 0) is 44.9 Å². The van der Waals surface area contributed by atoms with Crippen LogP contribution in [-0.4, -0.2) is 41.9 Å². The van der Waals surface area contributed by atoms with E-state index < -0.39 is 5.60 Å². The van der Waals surface area contributed by atoms with Gasteiger partial charge in [-0.3, -0.25) is 19.3 Å². The second-order valence-electron chi connectivity index (χ2n) is 8.82. The van der Waals surface area contributed by atoms with Crippen molar-refractivity contribution >= 4 is 17.7 Å². The fourth-order valence-electron chi connectivity index (χ4n) is 4.66. The minimum atomic E-state index is -0.427. The Morgan fingerprint density at radius 2 is 1.87 bits per heavy atom. The molecule has 4 rings (SSSR count). The number of rotatable bonds is 5. The largest absolute Gasteiger partial charge is 0.497 e. The van der Waals surface area contributed by atoms with Crippen LogP contribution in [0.3, 0.4) is 0 Å². The van der Waals surface area contributed by atoms with Crippen LogP contribution in [0, 0.1) is 11.8 Å².